The monoisotopic (exact) mass is 311 g/mol. The lowest BCUT2D eigenvalue weighted by Gasteiger charge is -2.08. The standard InChI is InChI=1S/C18H21N3O2/c1-12-7-8-16(9-13(12)2)21-18(19)20-11-14-5-4-6-15(10-14)17(22)23-3/h4-10H,11H2,1-3H3,(H3,19,20,21). The van der Waals surface area contributed by atoms with Gasteiger partial charge in [-0.2, -0.15) is 0 Å². The van der Waals surface area contributed by atoms with Crippen molar-refractivity contribution in [1.29, 1.82) is 0 Å². The van der Waals surface area contributed by atoms with Crippen molar-refractivity contribution in [1.82, 2.24) is 0 Å². The number of carbonyl (C=O) groups is 1. The summed E-state index contributed by atoms with van der Waals surface area (Å²) in [5.74, 6) is -0.0335. The maximum atomic E-state index is 11.5. The number of nitrogens with zero attached hydrogens (tertiary/aromatic N) is 1. The van der Waals surface area contributed by atoms with Gasteiger partial charge in [0.15, 0.2) is 5.96 Å². The number of ether oxygens (including phenoxy) is 1. The average Bonchev–Trinajstić information content (AvgIpc) is 2.56. The molecule has 0 amide bonds. The van der Waals surface area contributed by atoms with Gasteiger partial charge in [-0.1, -0.05) is 18.2 Å². The van der Waals surface area contributed by atoms with Gasteiger partial charge >= 0.3 is 5.97 Å². The number of nitrogens with two attached hydrogens (primary N) is 1. The van der Waals surface area contributed by atoms with E-state index in [1.54, 1.807) is 18.2 Å². The molecule has 0 radical (unpaired) electrons. The molecule has 0 aliphatic rings. The smallest absolute Gasteiger partial charge is 0.337 e. The lowest BCUT2D eigenvalue weighted by Crippen LogP contribution is -2.22. The molecule has 2 rings (SSSR count). The van der Waals surface area contributed by atoms with Crippen LogP contribution in [-0.2, 0) is 11.3 Å². The Morgan fingerprint density at radius 1 is 1.17 bits per heavy atom. The van der Waals surface area contributed by atoms with Gasteiger partial charge in [0, 0.05) is 5.69 Å². The Morgan fingerprint density at radius 2 is 1.96 bits per heavy atom. The number of aliphatic imine (C=N–C) groups is 1. The molecule has 0 saturated carbocycles. The first-order chi connectivity index (χ1) is 11.0. The first-order valence-corrected chi connectivity index (χ1v) is 7.31. The second kappa shape index (κ2) is 7.45. The molecule has 0 heterocycles. The fraction of sp³-hybridized carbons (Fsp3) is 0.222. The molecule has 0 atom stereocenters. The molecule has 0 aliphatic heterocycles. The summed E-state index contributed by atoms with van der Waals surface area (Å²) in [4.78, 5) is 15.8. The van der Waals surface area contributed by atoms with Crippen LogP contribution < -0.4 is 11.1 Å². The topological polar surface area (TPSA) is 76.7 Å². The summed E-state index contributed by atoms with van der Waals surface area (Å²) < 4.78 is 4.70. The lowest BCUT2D eigenvalue weighted by molar-refractivity contribution is 0.0600. The third-order valence-corrected chi connectivity index (χ3v) is 3.56. The van der Waals surface area contributed by atoms with Crippen molar-refractivity contribution in [3.8, 4) is 0 Å². The number of esters is 1. The Balaban J connectivity index is 2.04. The molecule has 23 heavy (non-hydrogen) atoms. The summed E-state index contributed by atoms with van der Waals surface area (Å²) in [6.07, 6.45) is 0. The van der Waals surface area contributed by atoms with Crippen molar-refractivity contribution < 1.29 is 9.53 Å². The van der Waals surface area contributed by atoms with Crippen molar-refractivity contribution in [2.45, 2.75) is 20.4 Å². The van der Waals surface area contributed by atoms with Crippen LogP contribution in [0.3, 0.4) is 0 Å². The minimum Gasteiger partial charge on any atom is -0.465 e. The number of rotatable bonds is 4. The molecule has 0 aliphatic carbocycles. The number of hydrogen-bond acceptors (Lipinski definition) is 3. The lowest BCUT2D eigenvalue weighted by atomic mass is 10.1. The van der Waals surface area contributed by atoms with E-state index in [1.807, 2.05) is 31.2 Å². The summed E-state index contributed by atoms with van der Waals surface area (Å²) in [5.41, 5.74) is 10.6. The van der Waals surface area contributed by atoms with E-state index in [-0.39, 0.29) is 5.97 Å². The highest BCUT2D eigenvalue weighted by Crippen LogP contribution is 2.14. The normalized spacial score (nSPS) is 11.2. The number of nitrogens with one attached hydrogen (secondary N) is 1. The number of anilines is 1. The molecule has 2 aromatic carbocycles. The molecule has 5 heteroatoms. The predicted octanol–water partition coefficient (Wildman–Crippen LogP) is 3.02. The first kappa shape index (κ1) is 16.5. The Labute approximate surface area is 136 Å². The van der Waals surface area contributed by atoms with E-state index in [2.05, 4.69) is 17.2 Å². The highest BCUT2D eigenvalue weighted by molar-refractivity contribution is 5.92. The summed E-state index contributed by atoms with van der Waals surface area (Å²) in [6, 6.07) is 13.2. The number of methoxy groups -OCH3 is 1. The zero-order valence-electron chi connectivity index (χ0n) is 13.6. The van der Waals surface area contributed by atoms with Crippen LogP contribution in [0.15, 0.2) is 47.5 Å². The molecule has 0 aromatic heterocycles. The highest BCUT2D eigenvalue weighted by atomic mass is 16.5. The number of carbonyl (C=O) groups excluding carboxylic acids is 1. The summed E-state index contributed by atoms with van der Waals surface area (Å²) >= 11 is 0. The SMILES string of the molecule is COC(=O)c1cccc(CN=C(N)Nc2ccc(C)c(C)c2)c1. The van der Waals surface area contributed by atoms with Gasteiger partial charge in [-0.25, -0.2) is 9.79 Å². The van der Waals surface area contributed by atoms with Gasteiger partial charge in [-0.15, -0.1) is 0 Å². The maximum Gasteiger partial charge on any atom is 0.337 e. The van der Waals surface area contributed by atoms with E-state index in [1.165, 1.54) is 18.2 Å². The Morgan fingerprint density at radius 3 is 2.65 bits per heavy atom. The largest absolute Gasteiger partial charge is 0.465 e. The van der Waals surface area contributed by atoms with Crippen LogP contribution in [0.25, 0.3) is 0 Å². The quantitative estimate of drug-likeness (QED) is 0.517. The van der Waals surface area contributed by atoms with E-state index in [0.29, 0.717) is 18.1 Å². The minimum atomic E-state index is -0.364. The van der Waals surface area contributed by atoms with E-state index in [9.17, 15) is 4.79 Å². The van der Waals surface area contributed by atoms with Crippen LogP contribution in [0.5, 0.6) is 0 Å². The number of guanidine groups is 1. The number of hydrogen-bond donors (Lipinski definition) is 2. The summed E-state index contributed by atoms with van der Waals surface area (Å²) in [7, 11) is 1.36. The molecule has 0 bridgehead atoms. The van der Waals surface area contributed by atoms with Gasteiger partial charge in [0.25, 0.3) is 0 Å². The average molecular weight is 311 g/mol. The summed E-state index contributed by atoms with van der Waals surface area (Å²) in [5, 5.41) is 3.06. The van der Waals surface area contributed by atoms with Crippen LogP contribution in [0.2, 0.25) is 0 Å². The van der Waals surface area contributed by atoms with Crippen molar-refractivity contribution in [3.05, 3.63) is 64.7 Å². The third-order valence-electron chi connectivity index (χ3n) is 3.56. The van der Waals surface area contributed by atoms with Crippen LogP contribution in [0.1, 0.15) is 27.0 Å². The summed E-state index contributed by atoms with van der Waals surface area (Å²) in [6.45, 7) is 4.49. The Kier molecular flexibility index (Phi) is 5.36. The predicted molar refractivity (Wildman–Crippen MR) is 92.6 cm³/mol. The Hall–Kier alpha value is -2.82. The molecule has 0 unspecified atom stereocenters. The molecule has 5 nitrogen and oxygen atoms in total. The van der Waals surface area contributed by atoms with Crippen LogP contribution in [0.4, 0.5) is 5.69 Å². The van der Waals surface area contributed by atoms with Gasteiger partial charge < -0.3 is 15.8 Å². The van der Waals surface area contributed by atoms with E-state index < -0.39 is 0 Å². The van der Waals surface area contributed by atoms with Gasteiger partial charge in [-0.05, 0) is 54.8 Å². The van der Waals surface area contributed by atoms with Crippen LogP contribution in [-0.4, -0.2) is 19.0 Å². The molecule has 120 valence electrons. The van der Waals surface area contributed by atoms with Crippen molar-refractivity contribution >= 4 is 17.6 Å². The van der Waals surface area contributed by atoms with Crippen molar-refractivity contribution in [2.75, 3.05) is 12.4 Å². The molecule has 0 saturated heterocycles. The van der Waals surface area contributed by atoms with Crippen molar-refractivity contribution in [2.24, 2.45) is 10.7 Å². The highest BCUT2D eigenvalue weighted by Gasteiger charge is 2.05. The van der Waals surface area contributed by atoms with Crippen molar-refractivity contribution in [3.63, 3.8) is 0 Å². The third kappa shape index (κ3) is 4.57. The number of aryl methyl sites for hydroxylation is 2. The second-order valence-electron chi connectivity index (χ2n) is 5.32. The molecular weight excluding hydrogens is 290 g/mol. The van der Waals surface area contributed by atoms with Gasteiger partial charge in [0.2, 0.25) is 0 Å². The first-order valence-electron chi connectivity index (χ1n) is 7.31. The second-order valence-corrected chi connectivity index (χ2v) is 5.32. The number of benzene rings is 2. The van der Waals surface area contributed by atoms with E-state index >= 15 is 0 Å². The van der Waals surface area contributed by atoms with Gasteiger partial charge in [0.1, 0.15) is 0 Å². The van der Waals surface area contributed by atoms with Gasteiger partial charge in [0.05, 0.1) is 19.2 Å². The zero-order valence-corrected chi connectivity index (χ0v) is 13.6. The van der Waals surface area contributed by atoms with Gasteiger partial charge in [-0.3, -0.25) is 0 Å². The molecule has 0 fully saturated rings. The van der Waals surface area contributed by atoms with E-state index in [0.717, 1.165) is 11.3 Å². The van der Waals surface area contributed by atoms with Crippen LogP contribution in [0, 0.1) is 13.8 Å². The fourth-order valence-corrected chi connectivity index (χ4v) is 2.10. The fourth-order valence-electron chi connectivity index (χ4n) is 2.10. The molecule has 2 aromatic rings. The maximum absolute atomic E-state index is 11.5. The van der Waals surface area contributed by atoms with Crippen LogP contribution >= 0.6 is 0 Å². The van der Waals surface area contributed by atoms with E-state index in [4.69, 9.17) is 10.5 Å². The zero-order chi connectivity index (χ0) is 16.8. The molecular formula is C18H21N3O2. The minimum absolute atomic E-state index is 0.330. The molecule has 3 N–H and O–H groups in total. The Bertz CT molecular complexity index is 739. The molecule has 0 spiro atoms.